The molecule has 5 nitrogen and oxygen atoms in total. The minimum Gasteiger partial charge on any atom is -0.469 e. The number of carbonyl (C=O) groups is 1. The third-order valence-corrected chi connectivity index (χ3v) is 3.35. The van der Waals surface area contributed by atoms with E-state index in [-0.39, 0.29) is 18.0 Å². The fraction of sp³-hybridized carbons (Fsp3) is 0.692. The highest BCUT2D eigenvalue weighted by molar-refractivity contribution is 5.72. The second-order valence-corrected chi connectivity index (χ2v) is 4.74. The molecule has 1 fully saturated rings. The molecule has 1 aromatic rings. The first-order chi connectivity index (χ1) is 8.69. The van der Waals surface area contributed by atoms with Crippen LogP contribution in [0.1, 0.15) is 37.1 Å². The van der Waals surface area contributed by atoms with Crippen molar-refractivity contribution < 1.29 is 18.8 Å². The van der Waals surface area contributed by atoms with Gasteiger partial charge >= 0.3 is 5.97 Å². The number of aryl methyl sites for hydroxylation is 1. The maximum Gasteiger partial charge on any atom is 0.308 e. The number of aromatic nitrogens is 1. The van der Waals surface area contributed by atoms with E-state index in [1.54, 1.807) is 0 Å². The summed E-state index contributed by atoms with van der Waals surface area (Å²) in [6, 6.07) is 1.88. The molecule has 1 saturated carbocycles. The number of methoxy groups -OCH3 is 1. The van der Waals surface area contributed by atoms with E-state index in [9.17, 15) is 4.79 Å². The Kier molecular flexibility index (Phi) is 4.36. The normalized spacial score (nSPS) is 23.9. The van der Waals surface area contributed by atoms with Crippen LogP contribution < -0.4 is 0 Å². The van der Waals surface area contributed by atoms with Crippen molar-refractivity contribution in [2.24, 2.45) is 5.92 Å². The van der Waals surface area contributed by atoms with Crippen molar-refractivity contribution in [1.82, 2.24) is 5.16 Å². The van der Waals surface area contributed by atoms with E-state index in [1.807, 2.05) is 13.0 Å². The monoisotopic (exact) mass is 253 g/mol. The van der Waals surface area contributed by atoms with E-state index < -0.39 is 0 Å². The molecule has 1 heterocycles. The zero-order valence-corrected chi connectivity index (χ0v) is 10.8. The summed E-state index contributed by atoms with van der Waals surface area (Å²) in [6.45, 7) is 2.34. The Morgan fingerprint density at radius 1 is 1.44 bits per heavy atom. The molecule has 0 aromatic carbocycles. The molecule has 0 bridgehead atoms. The molecule has 18 heavy (non-hydrogen) atoms. The van der Waals surface area contributed by atoms with Crippen LogP contribution in [0.3, 0.4) is 0 Å². The highest BCUT2D eigenvalue weighted by Crippen LogP contribution is 2.27. The molecular weight excluding hydrogens is 234 g/mol. The van der Waals surface area contributed by atoms with Crippen LogP contribution in [0.15, 0.2) is 10.6 Å². The summed E-state index contributed by atoms with van der Waals surface area (Å²) in [4.78, 5) is 11.4. The first-order valence-electron chi connectivity index (χ1n) is 6.30. The zero-order valence-electron chi connectivity index (χ0n) is 10.8. The van der Waals surface area contributed by atoms with Gasteiger partial charge in [-0.15, -0.1) is 0 Å². The molecule has 0 atom stereocenters. The van der Waals surface area contributed by atoms with Gasteiger partial charge in [0, 0.05) is 6.07 Å². The van der Waals surface area contributed by atoms with Crippen LogP contribution >= 0.6 is 0 Å². The Labute approximate surface area is 106 Å². The van der Waals surface area contributed by atoms with Gasteiger partial charge in [-0.25, -0.2) is 0 Å². The minimum absolute atomic E-state index is 0.0455. The summed E-state index contributed by atoms with van der Waals surface area (Å²) in [5.41, 5.74) is 0.822. The third kappa shape index (κ3) is 3.32. The van der Waals surface area contributed by atoms with Crippen LogP contribution in [0.25, 0.3) is 0 Å². The number of carbonyl (C=O) groups excluding carboxylic acids is 1. The van der Waals surface area contributed by atoms with Crippen LogP contribution in [0.5, 0.6) is 0 Å². The van der Waals surface area contributed by atoms with Crippen LogP contribution in [0.2, 0.25) is 0 Å². The number of nitrogens with zero attached hydrogens (tertiary/aromatic N) is 1. The molecule has 0 aliphatic heterocycles. The lowest BCUT2D eigenvalue weighted by Crippen LogP contribution is -2.26. The maximum absolute atomic E-state index is 11.4. The average molecular weight is 253 g/mol. The van der Waals surface area contributed by atoms with Crippen molar-refractivity contribution in [1.29, 1.82) is 0 Å². The standard InChI is InChI=1S/C13H19NO4/c1-9-7-11(14-18-9)8-17-12-5-3-10(4-6-12)13(15)16-2/h7,10,12H,3-6,8H2,1-2H3. The third-order valence-electron chi connectivity index (χ3n) is 3.35. The second-order valence-electron chi connectivity index (χ2n) is 4.74. The van der Waals surface area contributed by atoms with Crippen LogP contribution in [-0.4, -0.2) is 24.3 Å². The zero-order chi connectivity index (χ0) is 13.0. The van der Waals surface area contributed by atoms with Gasteiger partial charge in [0.1, 0.15) is 11.5 Å². The first-order valence-corrected chi connectivity index (χ1v) is 6.30. The van der Waals surface area contributed by atoms with Crippen LogP contribution in [0, 0.1) is 12.8 Å². The van der Waals surface area contributed by atoms with Gasteiger partial charge < -0.3 is 14.0 Å². The number of rotatable bonds is 4. The topological polar surface area (TPSA) is 61.6 Å². The van der Waals surface area contributed by atoms with Gasteiger partial charge in [0.05, 0.1) is 25.7 Å². The van der Waals surface area contributed by atoms with E-state index in [4.69, 9.17) is 14.0 Å². The predicted molar refractivity (Wildman–Crippen MR) is 63.8 cm³/mol. The van der Waals surface area contributed by atoms with Crippen LogP contribution in [-0.2, 0) is 20.9 Å². The van der Waals surface area contributed by atoms with Gasteiger partial charge in [-0.3, -0.25) is 4.79 Å². The molecule has 0 unspecified atom stereocenters. The van der Waals surface area contributed by atoms with E-state index in [0.717, 1.165) is 37.1 Å². The molecule has 0 amide bonds. The maximum atomic E-state index is 11.4. The highest BCUT2D eigenvalue weighted by atomic mass is 16.5. The van der Waals surface area contributed by atoms with Crippen molar-refractivity contribution >= 4 is 5.97 Å². The summed E-state index contributed by atoms with van der Waals surface area (Å²) in [5.74, 6) is 0.743. The van der Waals surface area contributed by atoms with Gasteiger partial charge in [-0.05, 0) is 32.6 Å². The molecule has 1 aliphatic rings. The average Bonchev–Trinajstić information content (AvgIpc) is 2.82. The summed E-state index contributed by atoms with van der Waals surface area (Å²) < 4.78 is 15.5. The van der Waals surface area contributed by atoms with E-state index in [2.05, 4.69) is 5.16 Å². The number of hydrogen-bond acceptors (Lipinski definition) is 5. The fourth-order valence-electron chi connectivity index (χ4n) is 2.32. The van der Waals surface area contributed by atoms with Crippen molar-refractivity contribution in [3.8, 4) is 0 Å². The number of hydrogen-bond donors (Lipinski definition) is 0. The minimum atomic E-state index is -0.0967. The van der Waals surface area contributed by atoms with Gasteiger partial charge in [-0.2, -0.15) is 0 Å². The van der Waals surface area contributed by atoms with Gasteiger partial charge in [-0.1, -0.05) is 5.16 Å². The number of esters is 1. The SMILES string of the molecule is COC(=O)C1CCC(OCc2cc(C)on2)CC1. The largest absolute Gasteiger partial charge is 0.469 e. The lowest BCUT2D eigenvalue weighted by Gasteiger charge is -2.26. The first kappa shape index (κ1) is 13.1. The molecule has 0 N–H and O–H groups in total. The molecule has 2 rings (SSSR count). The van der Waals surface area contributed by atoms with Gasteiger partial charge in [0.15, 0.2) is 0 Å². The molecule has 100 valence electrons. The lowest BCUT2D eigenvalue weighted by atomic mass is 9.87. The predicted octanol–water partition coefficient (Wildman–Crippen LogP) is 2.23. The van der Waals surface area contributed by atoms with Gasteiger partial charge in [0.25, 0.3) is 0 Å². The Balaban J connectivity index is 1.72. The summed E-state index contributed by atoms with van der Waals surface area (Å²) in [7, 11) is 1.44. The Hall–Kier alpha value is -1.36. The molecule has 0 saturated heterocycles. The van der Waals surface area contributed by atoms with Crippen molar-refractivity contribution in [3.05, 3.63) is 17.5 Å². The quantitative estimate of drug-likeness (QED) is 0.770. The Morgan fingerprint density at radius 3 is 2.72 bits per heavy atom. The van der Waals surface area contributed by atoms with E-state index >= 15 is 0 Å². The summed E-state index contributed by atoms with van der Waals surface area (Å²) in [5, 5.41) is 3.88. The van der Waals surface area contributed by atoms with Crippen molar-refractivity contribution in [2.45, 2.75) is 45.3 Å². The van der Waals surface area contributed by atoms with Crippen molar-refractivity contribution in [3.63, 3.8) is 0 Å². The molecular formula is C13H19NO4. The second kappa shape index (κ2) is 6.00. The summed E-state index contributed by atoms with van der Waals surface area (Å²) in [6.07, 6.45) is 3.69. The van der Waals surface area contributed by atoms with Crippen LogP contribution in [0.4, 0.5) is 0 Å². The molecule has 1 aliphatic carbocycles. The molecule has 0 radical (unpaired) electrons. The fourth-order valence-corrected chi connectivity index (χ4v) is 2.32. The molecule has 0 spiro atoms. The van der Waals surface area contributed by atoms with E-state index in [1.165, 1.54) is 7.11 Å². The van der Waals surface area contributed by atoms with Crippen molar-refractivity contribution in [2.75, 3.05) is 7.11 Å². The lowest BCUT2D eigenvalue weighted by molar-refractivity contribution is -0.147. The number of ether oxygens (including phenoxy) is 2. The summed E-state index contributed by atoms with van der Waals surface area (Å²) >= 11 is 0. The molecule has 1 aromatic heterocycles. The van der Waals surface area contributed by atoms with Gasteiger partial charge in [0.2, 0.25) is 0 Å². The smallest absolute Gasteiger partial charge is 0.308 e. The highest BCUT2D eigenvalue weighted by Gasteiger charge is 2.27. The Bertz CT molecular complexity index is 393. The Morgan fingerprint density at radius 2 is 2.17 bits per heavy atom. The van der Waals surface area contributed by atoms with E-state index in [0.29, 0.717) is 6.61 Å². The molecule has 5 heteroatoms.